The Hall–Kier alpha value is -2.51. The molecular formula is C53H91NO18. The van der Waals surface area contributed by atoms with E-state index < -0.39 is 124 Å². The second-order valence-electron chi connectivity index (χ2n) is 19.0. The van der Waals surface area contributed by atoms with Crippen LogP contribution in [0.5, 0.6) is 0 Å². The van der Waals surface area contributed by atoms with Crippen molar-refractivity contribution in [1.29, 1.82) is 0 Å². The Balaban J connectivity index is 1.58. The average molecular weight is 1030 g/mol. The Morgan fingerprint density at radius 2 is 0.944 bits per heavy atom. The van der Waals surface area contributed by atoms with Gasteiger partial charge in [0.25, 0.3) is 0 Å². The lowest BCUT2D eigenvalue weighted by atomic mass is 9.96. The van der Waals surface area contributed by atoms with Crippen molar-refractivity contribution < 1.29 is 89.4 Å². The van der Waals surface area contributed by atoms with Gasteiger partial charge >= 0.3 is 0 Å². The maximum Gasteiger partial charge on any atom is 0.220 e. The zero-order valence-corrected chi connectivity index (χ0v) is 42.6. The van der Waals surface area contributed by atoms with Gasteiger partial charge in [0, 0.05) is 6.42 Å². The zero-order valence-electron chi connectivity index (χ0n) is 42.6. The molecule has 3 saturated heterocycles. The van der Waals surface area contributed by atoms with Crippen LogP contribution in [0.15, 0.2) is 60.8 Å². The van der Waals surface area contributed by atoms with Gasteiger partial charge in [0.15, 0.2) is 18.9 Å². The van der Waals surface area contributed by atoms with Gasteiger partial charge in [-0.1, -0.05) is 120 Å². The summed E-state index contributed by atoms with van der Waals surface area (Å²) in [6.45, 7) is 1.55. The Labute approximate surface area is 426 Å². The molecule has 0 aliphatic carbocycles. The number of nitrogens with one attached hydrogen (secondary N) is 1. The lowest BCUT2D eigenvalue weighted by molar-refractivity contribution is -0.379. The molecule has 17 atom stereocenters. The smallest absolute Gasteiger partial charge is 0.220 e. The van der Waals surface area contributed by atoms with Gasteiger partial charge in [0.2, 0.25) is 5.91 Å². The van der Waals surface area contributed by atoms with E-state index >= 15 is 0 Å². The normalized spacial score (nSPS) is 32.5. The molecule has 3 aliphatic rings. The first-order chi connectivity index (χ1) is 34.8. The van der Waals surface area contributed by atoms with Crippen LogP contribution in [0.4, 0.5) is 0 Å². The highest BCUT2D eigenvalue weighted by atomic mass is 16.8. The van der Waals surface area contributed by atoms with Gasteiger partial charge in [0.1, 0.15) is 73.2 Å². The maximum atomic E-state index is 13.2. The van der Waals surface area contributed by atoms with E-state index in [0.29, 0.717) is 12.8 Å². The minimum atomic E-state index is -1.98. The molecule has 0 aromatic heterocycles. The van der Waals surface area contributed by atoms with Gasteiger partial charge in [-0.15, -0.1) is 0 Å². The van der Waals surface area contributed by atoms with Crippen molar-refractivity contribution in [2.45, 2.75) is 240 Å². The van der Waals surface area contributed by atoms with Crippen LogP contribution in [0, 0.1) is 0 Å². The summed E-state index contributed by atoms with van der Waals surface area (Å²) in [4.78, 5) is 13.2. The van der Waals surface area contributed by atoms with Crippen molar-refractivity contribution in [3.63, 3.8) is 0 Å². The second kappa shape index (κ2) is 37.3. The van der Waals surface area contributed by atoms with Crippen molar-refractivity contribution >= 4 is 5.91 Å². The molecule has 0 radical (unpaired) electrons. The monoisotopic (exact) mass is 1030 g/mol. The molecule has 0 spiro atoms. The first-order valence-corrected chi connectivity index (χ1v) is 26.5. The molecule has 0 aromatic rings. The number of rotatable bonds is 36. The van der Waals surface area contributed by atoms with Crippen LogP contribution in [0.1, 0.15) is 136 Å². The number of hydrogen-bond acceptors (Lipinski definition) is 18. The fourth-order valence-corrected chi connectivity index (χ4v) is 8.53. The third-order valence-corrected chi connectivity index (χ3v) is 13.0. The summed E-state index contributed by atoms with van der Waals surface area (Å²) in [7, 11) is 0. The lowest BCUT2D eigenvalue weighted by Gasteiger charge is -2.48. The van der Waals surface area contributed by atoms with Crippen LogP contribution in [-0.2, 0) is 33.2 Å². The number of unbranched alkanes of at least 4 members (excludes halogenated alkanes) is 12. The Bertz CT molecular complexity index is 1560. The molecule has 1 amide bonds. The van der Waals surface area contributed by atoms with Gasteiger partial charge < -0.3 is 89.9 Å². The van der Waals surface area contributed by atoms with Gasteiger partial charge in [-0.05, 0) is 70.6 Å². The van der Waals surface area contributed by atoms with E-state index in [9.17, 15) is 61.0 Å². The molecule has 17 unspecified atom stereocenters. The molecule has 19 heteroatoms. The molecule has 3 rings (SSSR count). The summed E-state index contributed by atoms with van der Waals surface area (Å²) in [5, 5.41) is 120. The van der Waals surface area contributed by atoms with E-state index in [0.717, 1.165) is 70.6 Å². The van der Waals surface area contributed by atoms with E-state index in [4.69, 9.17) is 28.4 Å². The van der Waals surface area contributed by atoms with Crippen molar-refractivity contribution in [1.82, 2.24) is 5.32 Å². The quantitative estimate of drug-likeness (QED) is 0.0317. The topological polar surface area (TPSA) is 307 Å². The minimum absolute atomic E-state index is 0.213. The lowest BCUT2D eigenvalue weighted by Crippen LogP contribution is -2.66. The number of amides is 1. The summed E-state index contributed by atoms with van der Waals surface area (Å²) in [6, 6.07) is -1.00. The van der Waals surface area contributed by atoms with E-state index in [-0.39, 0.29) is 18.9 Å². The van der Waals surface area contributed by atoms with Crippen LogP contribution < -0.4 is 5.32 Å². The standard InChI is InChI=1S/C53H91NO18/c1-3-5-7-9-11-13-15-17-19-21-23-25-27-29-31-41(59)54-36(37(58)30-28-26-24-22-20-18-16-14-12-10-8-6-4-2)35-67-51-47(65)44(62)49(39(33-56)69-51)72-53-48(66)45(63)50(40(34-57)70-53)71-52-46(64)43(61)42(60)38(32-55)68-52/h9,11-12,14-15,17,20,22,28,30,36-40,42-53,55-58,60-66H,3-8,10,13,16,18-19,21,23-27,29,31-35H2,1-2H3,(H,54,59)/b11-9-,14-12+,17-15-,22-20+,30-28+. The minimum Gasteiger partial charge on any atom is -0.394 e. The third-order valence-electron chi connectivity index (χ3n) is 13.0. The van der Waals surface area contributed by atoms with Crippen LogP contribution in [-0.4, -0.2) is 193 Å². The molecule has 3 heterocycles. The SMILES string of the molecule is CCCC/C=C\C/C=C\CCCCCCCC(=O)NC(COC1OC(CO)C(OC2OC(CO)C(OC3OC(CO)C(O)C(O)C3O)C(O)C2O)C(O)C1O)C(O)/C=C/CC/C=C/CC/C=C/CCCCC. The highest BCUT2D eigenvalue weighted by molar-refractivity contribution is 5.76. The third kappa shape index (κ3) is 22.4. The molecule has 0 bridgehead atoms. The fourth-order valence-electron chi connectivity index (χ4n) is 8.53. The number of carbonyl (C=O) groups excluding carboxylic acids is 1. The molecule has 72 heavy (non-hydrogen) atoms. The molecule has 0 aromatic carbocycles. The van der Waals surface area contributed by atoms with Gasteiger partial charge in [-0.25, -0.2) is 0 Å². The summed E-state index contributed by atoms with van der Waals surface area (Å²) >= 11 is 0. The van der Waals surface area contributed by atoms with Crippen LogP contribution in [0.3, 0.4) is 0 Å². The van der Waals surface area contributed by atoms with Crippen LogP contribution >= 0.6 is 0 Å². The van der Waals surface area contributed by atoms with Gasteiger partial charge in [-0.3, -0.25) is 4.79 Å². The Morgan fingerprint density at radius 3 is 1.51 bits per heavy atom. The highest BCUT2D eigenvalue weighted by Gasteiger charge is 2.53. The average Bonchev–Trinajstić information content (AvgIpc) is 3.37. The number of carbonyl (C=O) groups is 1. The first kappa shape index (κ1) is 63.8. The van der Waals surface area contributed by atoms with Crippen LogP contribution in [0.25, 0.3) is 0 Å². The van der Waals surface area contributed by atoms with Crippen molar-refractivity contribution in [3.8, 4) is 0 Å². The molecular weight excluding hydrogens is 939 g/mol. The predicted molar refractivity (Wildman–Crippen MR) is 268 cm³/mol. The molecule has 12 N–H and O–H groups in total. The van der Waals surface area contributed by atoms with Crippen molar-refractivity contribution in [3.05, 3.63) is 60.8 Å². The summed E-state index contributed by atoms with van der Waals surface area (Å²) in [6.07, 6.45) is 12.2. The zero-order chi connectivity index (χ0) is 52.7. The van der Waals surface area contributed by atoms with Crippen LogP contribution in [0.2, 0.25) is 0 Å². The number of allylic oxidation sites excluding steroid dienone is 9. The molecule has 0 saturated carbocycles. The maximum absolute atomic E-state index is 13.2. The molecule has 3 aliphatic heterocycles. The number of ether oxygens (including phenoxy) is 6. The number of aliphatic hydroxyl groups is 11. The molecule has 19 nitrogen and oxygen atoms in total. The van der Waals surface area contributed by atoms with E-state index in [2.05, 4.69) is 67.8 Å². The predicted octanol–water partition coefficient (Wildman–Crippen LogP) is 2.53. The largest absolute Gasteiger partial charge is 0.394 e. The highest BCUT2D eigenvalue weighted by Crippen LogP contribution is 2.33. The summed E-state index contributed by atoms with van der Waals surface area (Å²) in [5.41, 5.74) is 0. The number of aliphatic hydroxyl groups excluding tert-OH is 11. The fraction of sp³-hybridized carbons (Fsp3) is 0.792. The van der Waals surface area contributed by atoms with Gasteiger partial charge in [-0.2, -0.15) is 0 Å². The van der Waals surface area contributed by atoms with E-state index in [1.165, 1.54) is 32.1 Å². The second-order valence-corrected chi connectivity index (χ2v) is 19.0. The molecule has 416 valence electrons. The summed E-state index contributed by atoms with van der Waals surface area (Å²) in [5.74, 6) is -0.310. The first-order valence-electron chi connectivity index (χ1n) is 26.5. The molecule has 3 fully saturated rings. The van der Waals surface area contributed by atoms with Crippen molar-refractivity contribution in [2.24, 2.45) is 0 Å². The van der Waals surface area contributed by atoms with E-state index in [1.807, 2.05) is 6.08 Å². The number of hydrogen-bond donors (Lipinski definition) is 12. The van der Waals surface area contributed by atoms with Gasteiger partial charge in [0.05, 0.1) is 38.6 Å². The Morgan fingerprint density at radius 1 is 0.500 bits per heavy atom. The van der Waals surface area contributed by atoms with Crippen molar-refractivity contribution in [2.75, 3.05) is 26.4 Å². The summed E-state index contributed by atoms with van der Waals surface area (Å²) < 4.78 is 34.1. The Kier molecular flexibility index (Phi) is 33.0. The van der Waals surface area contributed by atoms with E-state index in [1.54, 1.807) is 6.08 Å².